The van der Waals surface area contributed by atoms with Gasteiger partial charge in [-0.15, -0.1) is 11.8 Å². The molecular formula is C28H31NO4S. The fourth-order valence-electron chi connectivity index (χ4n) is 4.69. The summed E-state index contributed by atoms with van der Waals surface area (Å²) in [4.78, 5) is 3.37. The molecule has 3 aromatic carbocycles. The van der Waals surface area contributed by atoms with Crippen molar-refractivity contribution < 1.29 is 19.7 Å². The maximum absolute atomic E-state index is 9.94. The molecule has 1 saturated heterocycles. The maximum atomic E-state index is 9.94. The Hall–Kier alpha value is -2.83. The number of phenolic OH excluding ortho intramolecular Hbond substituents is 2. The van der Waals surface area contributed by atoms with Crippen molar-refractivity contribution in [3.8, 4) is 23.0 Å². The highest BCUT2D eigenvalue weighted by Crippen LogP contribution is 2.54. The molecule has 0 bridgehead atoms. The van der Waals surface area contributed by atoms with E-state index in [0.29, 0.717) is 12.0 Å². The molecule has 0 amide bonds. The van der Waals surface area contributed by atoms with E-state index in [9.17, 15) is 10.2 Å². The zero-order valence-electron chi connectivity index (χ0n) is 19.6. The lowest BCUT2D eigenvalue weighted by Gasteiger charge is -2.34. The lowest BCUT2D eigenvalue weighted by atomic mass is 9.93. The molecule has 178 valence electrons. The number of phenols is 2. The Morgan fingerprint density at radius 1 is 0.971 bits per heavy atom. The summed E-state index contributed by atoms with van der Waals surface area (Å²) in [7, 11) is 0. The lowest BCUT2D eigenvalue weighted by Crippen LogP contribution is -2.27. The van der Waals surface area contributed by atoms with Gasteiger partial charge in [-0.2, -0.15) is 0 Å². The molecule has 3 aromatic rings. The molecule has 0 spiro atoms. The van der Waals surface area contributed by atoms with Gasteiger partial charge in [0, 0.05) is 13.1 Å². The van der Waals surface area contributed by atoms with Crippen molar-refractivity contribution in [1.82, 2.24) is 4.90 Å². The Morgan fingerprint density at radius 3 is 2.38 bits per heavy atom. The van der Waals surface area contributed by atoms with Crippen LogP contribution in [-0.2, 0) is 0 Å². The first-order valence-electron chi connectivity index (χ1n) is 11.8. The summed E-state index contributed by atoms with van der Waals surface area (Å²) in [5.74, 6) is 2.07. The van der Waals surface area contributed by atoms with Crippen LogP contribution >= 0.6 is 11.8 Å². The number of likely N-dealkylation sites (tertiary alicyclic amines) is 1. The van der Waals surface area contributed by atoms with Gasteiger partial charge in [0.25, 0.3) is 0 Å². The van der Waals surface area contributed by atoms with Crippen LogP contribution in [0.1, 0.15) is 42.7 Å². The van der Waals surface area contributed by atoms with Crippen molar-refractivity contribution in [2.75, 3.05) is 26.2 Å². The van der Waals surface area contributed by atoms with Crippen LogP contribution in [0.5, 0.6) is 23.0 Å². The number of ether oxygens (including phenoxy) is 2. The highest BCUT2D eigenvalue weighted by molar-refractivity contribution is 7.99. The predicted molar refractivity (Wildman–Crippen MR) is 135 cm³/mol. The highest BCUT2D eigenvalue weighted by Gasteiger charge is 2.34. The zero-order chi connectivity index (χ0) is 23.7. The zero-order valence-corrected chi connectivity index (χ0v) is 20.4. The highest BCUT2D eigenvalue weighted by atomic mass is 32.2. The van der Waals surface area contributed by atoms with Gasteiger partial charge in [-0.1, -0.05) is 38.1 Å². The number of aromatic hydroxyl groups is 2. The van der Waals surface area contributed by atoms with Crippen molar-refractivity contribution >= 4 is 11.8 Å². The molecule has 1 fully saturated rings. The van der Waals surface area contributed by atoms with Gasteiger partial charge in [-0.05, 0) is 72.0 Å². The molecule has 6 heteroatoms. The average Bonchev–Trinajstić information content (AvgIpc) is 3.17. The van der Waals surface area contributed by atoms with Gasteiger partial charge >= 0.3 is 0 Å². The second kappa shape index (κ2) is 9.43. The van der Waals surface area contributed by atoms with Gasteiger partial charge in [0.1, 0.15) is 35.7 Å². The Kier molecular flexibility index (Phi) is 6.36. The fraction of sp³-hybridized carbons (Fsp3) is 0.357. The minimum atomic E-state index is -0.215. The van der Waals surface area contributed by atoms with Crippen molar-refractivity contribution in [2.45, 2.75) is 36.5 Å². The molecule has 2 N–H and O–H groups in total. The van der Waals surface area contributed by atoms with Crippen LogP contribution in [0.3, 0.4) is 0 Å². The van der Waals surface area contributed by atoms with Crippen molar-refractivity contribution in [1.29, 1.82) is 0 Å². The number of benzene rings is 3. The first-order chi connectivity index (χ1) is 16.4. The number of hydrogen-bond acceptors (Lipinski definition) is 6. The number of thioether (sulfide) groups is 1. The van der Waals surface area contributed by atoms with E-state index in [0.717, 1.165) is 47.2 Å². The Balaban J connectivity index is 1.31. The third-order valence-corrected chi connectivity index (χ3v) is 7.92. The lowest BCUT2D eigenvalue weighted by molar-refractivity contribution is 0.190. The van der Waals surface area contributed by atoms with Crippen LogP contribution in [0.25, 0.3) is 0 Å². The third kappa shape index (κ3) is 5.13. The monoisotopic (exact) mass is 477 g/mol. The Bertz CT molecular complexity index is 1130. The van der Waals surface area contributed by atoms with E-state index in [-0.39, 0.29) is 22.9 Å². The van der Waals surface area contributed by atoms with Gasteiger partial charge < -0.3 is 19.7 Å². The first kappa shape index (κ1) is 22.9. The normalized spacial score (nSPS) is 21.6. The summed E-state index contributed by atoms with van der Waals surface area (Å²) >= 11 is 1.66. The summed E-state index contributed by atoms with van der Waals surface area (Å²) in [5.41, 5.74) is 2.51. The minimum absolute atomic E-state index is 0.0276. The first-order valence-corrected chi connectivity index (χ1v) is 12.6. The van der Waals surface area contributed by atoms with Gasteiger partial charge in [0.15, 0.2) is 0 Å². The number of nitrogens with zero attached hydrogens (tertiary/aromatic N) is 1. The molecule has 2 aliphatic heterocycles. The number of hydrogen-bond donors (Lipinski definition) is 2. The molecule has 34 heavy (non-hydrogen) atoms. The molecule has 0 aliphatic carbocycles. The summed E-state index contributed by atoms with van der Waals surface area (Å²) in [5, 5.41) is 19.7. The molecule has 0 aromatic heterocycles. The molecule has 2 heterocycles. The van der Waals surface area contributed by atoms with Crippen molar-refractivity contribution in [3.63, 3.8) is 0 Å². The van der Waals surface area contributed by atoms with Gasteiger partial charge in [0.2, 0.25) is 0 Å². The molecule has 5 nitrogen and oxygen atoms in total. The quantitative estimate of drug-likeness (QED) is 0.442. The van der Waals surface area contributed by atoms with E-state index in [4.69, 9.17) is 9.47 Å². The van der Waals surface area contributed by atoms with E-state index in [1.165, 1.54) is 6.42 Å². The van der Waals surface area contributed by atoms with E-state index in [1.54, 1.807) is 36.0 Å². The number of fused-ring (bicyclic) bond motifs is 1. The van der Waals surface area contributed by atoms with E-state index >= 15 is 0 Å². The summed E-state index contributed by atoms with van der Waals surface area (Å²) in [6, 6.07) is 20.6. The number of rotatable bonds is 6. The standard InChI is InChI=1S/C28H31NO4S/c1-28(2)13-14-29(18-28)15-16-32-23-10-5-19(6-11-23)26-27(20-3-7-21(30)8-4-20)34-25-17-22(31)9-12-24(25)33-26/h3-12,17,26-27,30-31H,13-16,18H2,1-2H3/t26-,27+/m0/s1. The largest absolute Gasteiger partial charge is 0.508 e. The summed E-state index contributed by atoms with van der Waals surface area (Å²) in [6.07, 6.45) is 1.03. The Morgan fingerprint density at radius 2 is 1.68 bits per heavy atom. The molecular weight excluding hydrogens is 446 g/mol. The smallest absolute Gasteiger partial charge is 0.140 e. The Labute approximate surface area is 205 Å². The summed E-state index contributed by atoms with van der Waals surface area (Å²) in [6.45, 7) is 8.54. The van der Waals surface area contributed by atoms with E-state index in [1.807, 2.05) is 30.3 Å². The average molecular weight is 478 g/mol. The molecule has 0 radical (unpaired) electrons. The van der Waals surface area contributed by atoms with Crippen LogP contribution in [0.4, 0.5) is 0 Å². The molecule has 5 rings (SSSR count). The molecule has 0 unspecified atom stereocenters. The van der Waals surface area contributed by atoms with Crippen LogP contribution < -0.4 is 9.47 Å². The van der Waals surface area contributed by atoms with Gasteiger partial charge in [0.05, 0.1) is 10.1 Å². The summed E-state index contributed by atoms with van der Waals surface area (Å²) < 4.78 is 12.5. The van der Waals surface area contributed by atoms with E-state index < -0.39 is 0 Å². The molecule has 2 atom stereocenters. The molecule has 0 saturated carbocycles. The van der Waals surface area contributed by atoms with Crippen LogP contribution in [-0.4, -0.2) is 41.4 Å². The van der Waals surface area contributed by atoms with Gasteiger partial charge in [-0.3, -0.25) is 4.90 Å². The maximum Gasteiger partial charge on any atom is 0.140 e. The minimum Gasteiger partial charge on any atom is -0.508 e. The van der Waals surface area contributed by atoms with Crippen molar-refractivity contribution in [3.05, 3.63) is 77.9 Å². The van der Waals surface area contributed by atoms with E-state index in [2.05, 4.69) is 30.9 Å². The third-order valence-electron chi connectivity index (χ3n) is 6.57. The fourth-order valence-corrected chi connectivity index (χ4v) is 6.02. The second-order valence-corrected chi connectivity index (χ2v) is 11.1. The van der Waals surface area contributed by atoms with Crippen molar-refractivity contribution in [2.24, 2.45) is 5.41 Å². The van der Waals surface area contributed by atoms with Crippen LogP contribution in [0.2, 0.25) is 0 Å². The predicted octanol–water partition coefficient (Wildman–Crippen LogP) is 6.18. The SMILES string of the molecule is CC1(C)CCN(CCOc2ccc([C@@H]3Oc4ccc(O)cc4S[C@@H]3c3ccc(O)cc3)cc2)C1. The molecule has 2 aliphatic rings. The van der Waals surface area contributed by atoms with Crippen LogP contribution in [0.15, 0.2) is 71.6 Å². The second-order valence-electron chi connectivity index (χ2n) is 9.91. The van der Waals surface area contributed by atoms with Crippen LogP contribution in [0, 0.1) is 5.41 Å². The van der Waals surface area contributed by atoms with Gasteiger partial charge in [-0.25, -0.2) is 0 Å². The topological polar surface area (TPSA) is 62.2 Å².